The van der Waals surface area contributed by atoms with Gasteiger partial charge in [-0.05, 0) is 74.9 Å². The Kier molecular flexibility index (Phi) is 6.06. The van der Waals surface area contributed by atoms with Crippen molar-refractivity contribution in [2.75, 3.05) is 0 Å². The summed E-state index contributed by atoms with van der Waals surface area (Å²) in [6.45, 7) is 0.127. The molecule has 4 atom stereocenters. The summed E-state index contributed by atoms with van der Waals surface area (Å²) in [7, 11) is 0. The minimum atomic E-state index is -0.0765. The second kappa shape index (κ2) is 11.3. The predicted molar refractivity (Wildman–Crippen MR) is 238 cm³/mol. The SMILES string of the molecule is C1=CC2=Cc3c(-c4ccccc4)c(-c4ccccc4)n4c3C(B3c5c-4cc(-c4ccccc4)cc5-n4c5c(c6cccc3c64)C3Oc4ccccc4C3C=C5)C2C=C1. The lowest BCUT2D eigenvalue weighted by Crippen LogP contribution is -2.58. The Morgan fingerprint density at radius 2 is 1.31 bits per heavy atom. The molecular formula is C54H35BN2O. The van der Waals surface area contributed by atoms with Gasteiger partial charge < -0.3 is 13.9 Å². The molecule has 270 valence electrons. The molecule has 0 amide bonds. The molecule has 4 heteroatoms. The zero-order valence-corrected chi connectivity index (χ0v) is 31.6. The van der Waals surface area contributed by atoms with E-state index in [-0.39, 0.29) is 30.5 Å². The number of ether oxygens (including phenoxy) is 1. The van der Waals surface area contributed by atoms with Gasteiger partial charge in [0.25, 0.3) is 0 Å². The van der Waals surface area contributed by atoms with Crippen LogP contribution in [0, 0.1) is 5.92 Å². The third-order valence-corrected chi connectivity index (χ3v) is 13.9. The lowest BCUT2D eigenvalue weighted by Gasteiger charge is -2.44. The Morgan fingerprint density at radius 3 is 2.12 bits per heavy atom. The number of benzene rings is 6. The molecule has 0 bridgehead atoms. The van der Waals surface area contributed by atoms with Crippen LogP contribution in [0.15, 0.2) is 182 Å². The molecule has 2 aromatic heterocycles. The maximum Gasteiger partial charge on any atom is 0.227 e. The van der Waals surface area contributed by atoms with E-state index in [9.17, 15) is 0 Å². The monoisotopic (exact) mass is 738 g/mol. The van der Waals surface area contributed by atoms with Gasteiger partial charge >= 0.3 is 0 Å². The Bertz CT molecular complexity index is 3220. The maximum atomic E-state index is 6.94. The van der Waals surface area contributed by atoms with Crippen molar-refractivity contribution in [2.45, 2.75) is 17.8 Å². The summed E-state index contributed by atoms with van der Waals surface area (Å²) in [6, 6.07) is 53.9. The largest absolute Gasteiger partial charge is 0.484 e. The van der Waals surface area contributed by atoms with Gasteiger partial charge in [0.15, 0.2) is 0 Å². The first-order chi connectivity index (χ1) is 28.8. The molecule has 0 fully saturated rings. The van der Waals surface area contributed by atoms with Crippen LogP contribution in [0.1, 0.15) is 45.9 Å². The van der Waals surface area contributed by atoms with E-state index < -0.39 is 0 Å². The highest BCUT2D eigenvalue weighted by Gasteiger charge is 2.52. The van der Waals surface area contributed by atoms with Gasteiger partial charge in [-0.1, -0.05) is 158 Å². The molecule has 6 aliphatic rings. The van der Waals surface area contributed by atoms with Crippen LogP contribution in [0.4, 0.5) is 0 Å². The molecule has 0 saturated heterocycles. The smallest absolute Gasteiger partial charge is 0.227 e. The van der Waals surface area contributed by atoms with E-state index in [0.29, 0.717) is 0 Å². The van der Waals surface area contributed by atoms with Crippen LogP contribution in [0.25, 0.3) is 67.9 Å². The summed E-state index contributed by atoms with van der Waals surface area (Å²) in [4.78, 5) is 0. The number of fused-ring (bicyclic) bond motifs is 13. The minimum Gasteiger partial charge on any atom is -0.484 e. The molecule has 58 heavy (non-hydrogen) atoms. The second-order valence-corrected chi connectivity index (χ2v) is 16.6. The maximum absolute atomic E-state index is 6.94. The van der Waals surface area contributed by atoms with Crippen molar-refractivity contribution in [3.8, 4) is 50.6 Å². The summed E-state index contributed by atoms with van der Waals surface area (Å²) in [5.74, 6) is 1.58. The van der Waals surface area contributed by atoms with Crippen molar-refractivity contribution in [3.05, 3.63) is 210 Å². The fraction of sp³-hybridized carbons (Fsp3) is 0.0741. The fourth-order valence-electron chi connectivity index (χ4n) is 11.7. The summed E-state index contributed by atoms with van der Waals surface area (Å²) >= 11 is 0. The number of allylic oxidation sites excluding steroid dienone is 5. The van der Waals surface area contributed by atoms with E-state index in [1.54, 1.807) is 0 Å². The van der Waals surface area contributed by atoms with Crippen molar-refractivity contribution in [1.82, 2.24) is 9.13 Å². The van der Waals surface area contributed by atoms with Gasteiger partial charge in [0, 0.05) is 62.1 Å². The molecule has 5 heterocycles. The van der Waals surface area contributed by atoms with Gasteiger partial charge in [0.1, 0.15) is 11.9 Å². The molecule has 0 N–H and O–H groups in total. The number of aromatic nitrogens is 2. The van der Waals surface area contributed by atoms with E-state index in [4.69, 9.17) is 4.74 Å². The Hall–Kier alpha value is -7.04. The molecule has 0 radical (unpaired) electrons. The highest BCUT2D eigenvalue weighted by molar-refractivity contribution is 6.90. The average Bonchev–Trinajstić information content (AvgIpc) is 3.96. The van der Waals surface area contributed by atoms with Gasteiger partial charge in [0.05, 0.1) is 11.4 Å². The number of hydrogen-bond acceptors (Lipinski definition) is 1. The first kappa shape index (κ1) is 31.1. The molecule has 3 aliphatic carbocycles. The Morgan fingerprint density at radius 1 is 0.586 bits per heavy atom. The van der Waals surface area contributed by atoms with Crippen LogP contribution >= 0.6 is 0 Å². The van der Waals surface area contributed by atoms with Crippen molar-refractivity contribution in [2.24, 2.45) is 5.92 Å². The lowest BCUT2D eigenvalue weighted by atomic mass is 9.28. The van der Waals surface area contributed by atoms with Crippen LogP contribution in [0.2, 0.25) is 0 Å². The first-order valence-corrected chi connectivity index (χ1v) is 20.6. The van der Waals surface area contributed by atoms with Gasteiger partial charge in [0.2, 0.25) is 6.71 Å². The molecule has 0 saturated carbocycles. The number of hydrogen-bond donors (Lipinski definition) is 0. The summed E-state index contributed by atoms with van der Waals surface area (Å²) in [5, 5.41) is 1.30. The van der Waals surface area contributed by atoms with Crippen LogP contribution in [-0.4, -0.2) is 15.8 Å². The fourth-order valence-corrected chi connectivity index (χ4v) is 11.7. The van der Waals surface area contributed by atoms with Crippen LogP contribution in [0.3, 0.4) is 0 Å². The van der Waals surface area contributed by atoms with Crippen LogP contribution in [0.5, 0.6) is 5.75 Å². The van der Waals surface area contributed by atoms with Crippen molar-refractivity contribution in [1.29, 1.82) is 0 Å². The zero-order valence-electron chi connectivity index (χ0n) is 31.6. The molecular weight excluding hydrogens is 703 g/mol. The van der Waals surface area contributed by atoms with Crippen molar-refractivity contribution < 1.29 is 4.74 Å². The first-order valence-electron chi connectivity index (χ1n) is 20.6. The third kappa shape index (κ3) is 3.90. The molecule has 14 rings (SSSR count). The highest BCUT2D eigenvalue weighted by atomic mass is 16.5. The lowest BCUT2D eigenvalue weighted by molar-refractivity contribution is 0.224. The predicted octanol–water partition coefficient (Wildman–Crippen LogP) is 11.4. The van der Waals surface area contributed by atoms with E-state index in [2.05, 4.69) is 197 Å². The molecule has 4 unspecified atom stereocenters. The zero-order chi connectivity index (χ0) is 37.6. The van der Waals surface area contributed by atoms with Crippen molar-refractivity contribution in [3.63, 3.8) is 0 Å². The molecule has 3 aliphatic heterocycles. The summed E-state index contributed by atoms with van der Waals surface area (Å²) in [5.41, 5.74) is 22.1. The highest BCUT2D eigenvalue weighted by Crippen LogP contribution is 2.57. The van der Waals surface area contributed by atoms with E-state index in [0.717, 1.165) is 5.75 Å². The van der Waals surface area contributed by atoms with Gasteiger partial charge in [-0.25, -0.2) is 0 Å². The Balaban J connectivity index is 1.15. The quantitative estimate of drug-likeness (QED) is 0.165. The molecule has 6 aromatic carbocycles. The summed E-state index contributed by atoms with van der Waals surface area (Å²) < 4.78 is 12.3. The number of rotatable bonds is 3. The molecule has 3 nitrogen and oxygen atoms in total. The van der Waals surface area contributed by atoms with Crippen molar-refractivity contribution >= 4 is 40.7 Å². The van der Waals surface area contributed by atoms with E-state index in [1.165, 1.54) is 100 Å². The topological polar surface area (TPSA) is 19.1 Å². The molecule has 8 aromatic rings. The summed E-state index contributed by atoms with van der Waals surface area (Å²) in [6.07, 6.45) is 16.6. The van der Waals surface area contributed by atoms with Gasteiger partial charge in [-0.2, -0.15) is 0 Å². The normalized spacial score (nSPS) is 20.4. The number of para-hydroxylation sites is 2. The van der Waals surface area contributed by atoms with Gasteiger partial charge in [-0.3, -0.25) is 0 Å². The van der Waals surface area contributed by atoms with E-state index in [1.807, 2.05) is 0 Å². The van der Waals surface area contributed by atoms with Crippen LogP contribution < -0.4 is 15.7 Å². The third-order valence-electron chi connectivity index (χ3n) is 13.9. The number of nitrogens with zero attached hydrogens (tertiary/aromatic N) is 2. The Labute approximate surface area is 337 Å². The minimum absolute atomic E-state index is 0.0765. The average molecular weight is 739 g/mol. The van der Waals surface area contributed by atoms with E-state index >= 15 is 0 Å². The van der Waals surface area contributed by atoms with Crippen LogP contribution in [-0.2, 0) is 0 Å². The molecule has 0 spiro atoms. The second-order valence-electron chi connectivity index (χ2n) is 16.6. The standard InChI is InChI=1S/C54H35BN2O/c1-4-15-32(16-5-1)36-30-44-50-45(31-36)57-51(34-19-8-3-9-20-34)47(33-17-6-2-7-18-33)41-29-35-21-10-11-22-37(35)49(53(41)57)55(50)42-25-14-24-40-48-43(56(44)52(40)42)28-27-39-38-23-12-13-26-46(38)58-54(39)48/h1-31,37,39,49,54H. The van der Waals surface area contributed by atoms with Gasteiger partial charge in [-0.15, -0.1) is 0 Å².